The van der Waals surface area contributed by atoms with Crippen molar-refractivity contribution in [3.63, 3.8) is 0 Å². The molecule has 0 saturated carbocycles. The lowest BCUT2D eigenvalue weighted by atomic mass is 9.97. The molecule has 0 bridgehead atoms. The van der Waals surface area contributed by atoms with Gasteiger partial charge in [0.25, 0.3) is 0 Å². The zero-order valence-electron chi connectivity index (χ0n) is 13.3. The van der Waals surface area contributed by atoms with Gasteiger partial charge in [0.05, 0.1) is 5.92 Å². The van der Waals surface area contributed by atoms with Gasteiger partial charge in [0.15, 0.2) is 0 Å². The Balaban J connectivity index is 1.68. The van der Waals surface area contributed by atoms with Crippen LogP contribution in [0.1, 0.15) is 18.4 Å². The van der Waals surface area contributed by atoms with Crippen molar-refractivity contribution in [3.05, 3.63) is 29.8 Å². The Labute approximate surface area is 131 Å². The summed E-state index contributed by atoms with van der Waals surface area (Å²) in [5, 5.41) is 9.88. The van der Waals surface area contributed by atoms with E-state index in [1.807, 2.05) is 38.2 Å². The first-order valence-corrected chi connectivity index (χ1v) is 7.78. The quantitative estimate of drug-likeness (QED) is 0.809. The summed E-state index contributed by atoms with van der Waals surface area (Å²) in [5.74, 6) is 0.493. The Hall–Kier alpha value is -1.59. The number of carbonyl (C=O) groups excluding carboxylic acids is 1. The van der Waals surface area contributed by atoms with Crippen molar-refractivity contribution in [2.24, 2.45) is 5.92 Å². The molecular formula is C17H25NO4. The summed E-state index contributed by atoms with van der Waals surface area (Å²) in [6.07, 6.45) is 0.839. The molecular weight excluding hydrogens is 282 g/mol. The molecule has 1 heterocycles. The van der Waals surface area contributed by atoms with Crippen molar-refractivity contribution in [1.29, 1.82) is 0 Å². The zero-order chi connectivity index (χ0) is 15.9. The third kappa shape index (κ3) is 5.00. The van der Waals surface area contributed by atoms with Gasteiger partial charge in [-0.15, -0.1) is 0 Å². The molecule has 0 amide bonds. The molecule has 5 heteroatoms. The van der Waals surface area contributed by atoms with E-state index in [0.29, 0.717) is 0 Å². The highest BCUT2D eigenvalue weighted by Crippen LogP contribution is 2.18. The number of likely N-dealkylation sites (tertiary alicyclic amines) is 1. The highest BCUT2D eigenvalue weighted by Gasteiger charge is 2.25. The molecule has 1 saturated heterocycles. The topological polar surface area (TPSA) is 59.0 Å². The molecule has 0 radical (unpaired) electrons. The van der Waals surface area contributed by atoms with Gasteiger partial charge in [0.1, 0.15) is 25.1 Å². The van der Waals surface area contributed by atoms with E-state index in [2.05, 4.69) is 4.90 Å². The molecule has 1 aromatic carbocycles. The van der Waals surface area contributed by atoms with Gasteiger partial charge >= 0.3 is 5.97 Å². The lowest BCUT2D eigenvalue weighted by molar-refractivity contribution is -0.153. The first kappa shape index (κ1) is 16.8. The molecule has 0 spiro atoms. The molecule has 1 fully saturated rings. The molecule has 1 N–H and O–H groups in total. The first-order valence-electron chi connectivity index (χ1n) is 7.78. The number of ether oxygens (including phenoxy) is 2. The lowest BCUT2D eigenvalue weighted by Crippen LogP contribution is -2.35. The van der Waals surface area contributed by atoms with E-state index < -0.39 is 6.10 Å². The fourth-order valence-electron chi connectivity index (χ4n) is 2.49. The normalized spacial score (nSPS) is 18.0. The number of aryl methyl sites for hydroxylation is 1. The third-order valence-corrected chi connectivity index (χ3v) is 3.99. The highest BCUT2D eigenvalue weighted by atomic mass is 16.5. The van der Waals surface area contributed by atoms with Crippen molar-refractivity contribution in [2.45, 2.75) is 25.9 Å². The molecule has 22 heavy (non-hydrogen) atoms. The van der Waals surface area contributed by atoms with Crippen LogP contribution in [0.3, 0.4) is 0 Å². The fourth-order valence-corrected chi connectivity index (χ4v) is 2.49. The maximum absolute atomic E-state index is 11.9. The largest absolute Gasteiger partial charge is 0.490 e. The Bertz CT molecular complexity index is 483. The standard InChI is InChI=1S/C17H25NO4/c1-13-5-3-4-6-16(13)21-11-15(19)12-22-17(20)14-7-9-18(2)10-8-14/h3-6,14-15,19H,7-12H2,1-2H3. The number of rotatable bonds is 6. The molecule has 1 unspecified atom stereocenters. The summed E-state index contributed by atoms with van der Waals surface area (Å²) < 4.78 is 10.8. The predicted molar refractivity (Wildman–Crippen MR) is 83.9 cm³/mol. The summed E-state index contributed by atoms with van der Waals surface area (Å²) >= 11 is 0. The highest BCUT2D eigenvalue weighted by molar-refractivity contribution is 5.72. The van der Waals surface area contributed by atoms with E-state index in [-0.39, 0.29) is 25.1 Å². The van der Waals surface area contributed by atoms with Crippen LogP contribution in [-0.2, 0) is 9.53 Å². The smallest absolute Gasteiger partial charge is 0.309 e. The minimum atomic E-state index is -0.810. The number of benzene rings is 1. The van der Waals surface area contributed by atoms with Gasteiger partial charge in [-0.2, -0.15) is 0 Å². The number of esters is 1. The lowest BCUT2D eigenvalue weighted by Gasteiger charge is -2.27. The van der Waals surface area contributed by atoms with Crippen LogP contribution in [0, 0.1) is 12.8 Å². The number of piperidine rings is 1. The second-order valence-corrected chi connectivity index (χ2v) is 5.94. The van der Waals surface area contributed by atoms with Gasteiger partial charge in [0.2, 0.25) is 0 Å². The van der Waals surface area contributed by atoms with E-state index in [0.717, 1.165) is 37.2 Å². The van der Waals surface area contributed by atoms with Crippen molar-refractivity contribution in [3.8, 4) is 5.75 Å². The Morgan fingerprint density at radius 3 is 2.68 bits per heavy atom. The van der Waals surface area contributed by atoms with E-state index in [1.165, 1.54) is 0 Å². The van der Waals surface area contributed by atoms with Crippen LogP contribution in [0.5, 0.6) is 5.75 Å². The Kier molecular flexibility index (Phi) is 6.21. The summed E-state index contributed by atoms with van der Waals surface area (Å²) in [6.45, 7) is 3.88. The summed E-state index contributed by atoms with van der Waals surface area (Å²) in [7, 11) is 2.05. The fraction of sp³-hybridized carbons (Fsp3) is 0.588. The molecule has 0 aromatic heterocycles. The van der Waals surface area contributed by atoms with Gasteiger partial charge in [-0.05, 0) is 51.5 Å². The average molecular weight is 307 g/mol. The number of carbonyl (C=O) groups is 1. The third-order valence-electron chi connectivity index (χ3n) is 3.99. The minimum Gasteiger partial charge on any atom is -0.490 e. The van der Waals surface area contributed by atoms with E-state index in [1.54, 1.807) is 0 Å². The summed E-state index contributed by atoms with van der Waals surface area (Å²) in [4.78, 5) is 14.1. The maximum Gasteiger partial charge on any atom is 0.309 e. The number of hydrogen-bond acceptors (Lipinski definition) is 5. The van der Waals surface area contributed by atoms with Crippen molar-refractivity contribution < 1.29 is 19.4 Å². The Morgan fingerprint density at radius 2 is 2.00 bits per heavy atom. The number of hydrogen-bond donors (Lipinski definition) is 1. The first-order chi connectivity index (χ1) is 10.6. The van der Waals surface area contributed by atoms with Gasteiger partial charge < -0.3 is 19.5 Å². The van der Waals surface area contributed by atoms with Crippen LogP contribution < -0.4 is 4.74 Å². The molecule has 122 valence electrons. The molecule has 1 atom stereocenters. The van der Waals surface area contributed by atoms with Crippen LogP contribution in [0.25, 0.3) is 0 Å². The van der Waals surface area contributed by atoms with Crippen LogP contribution in [0.15, 0.2) is 24.3 Å². The van der Waals surface area contributed by atoms with Gasteiger partial charge in [-0.1, -0.05) is 18.2 Å². The second-order valence-electron chi connectivity index (χ2n) is 5.94. The molecule has 1 aromatic rings. The molecule has 1 aliphatic heterocycles. The Morgan fingerprint density at radius 1 is 1.32 bits per heavy atom. The van der Waals surface area contributed by atoms with Crippen LogP contribution in [0.4, 0.5) is 0 Å². The summed E-state index contributed by atoms with van der Waals surface area (Å²) in [5.41, 5.74) is 1.01. The second kappa shape index (κ2) is 8.15. The van der Waals surface area contributed by atoms with Crippen LogP contribution >= 0.6 is 0 Å². The SMILES string of the molecule is Cc1ccccc1OCC(O)COC(=O)C1CCN(C)CC1. The van der Waals surface area contributed by atoms with Crippen molar-refractivity contribution in [2.75, 3.05) is 33.4 Å². The van der Waals surface area contributed by atoms with Crippen LogP contribution in [-0.4, -0.2) is 55.4 Å². The van der Waals surface area contributed by atoms with Gasteiger partial charge in [-0.3, -0.25) is 4.79 Å². The monoisotopic (exact) mass is 307 g/mol. The molecule has 2 rings (SSSR count). The average Bonchev–Trinajstić information content (AvgIpc) is 2.52. The van der Waals surface area contributed by atoms with Gasteiger partial charge in [0, 0.05) is 0 Å². The van der Waals surface area contributed by atoms with Gasteiger partial charge in [-0.25, -0.2) is 0 Å². The minimum absolute atomic E-state index is 0.0168. The summed E-state index contributed by atoms with van der Waals surface area (Å²) in [6, 6.07) is 7.62. The number of aliphatic hydroxyl groups excluding tert-OH is 1. The van der Waals surface area contributed by atoms with Crippen molar-refractivity contribution in [1.82, 2.24) is 4.90 Å². The van der Waals surface area contributed by atoms with Crippen LogP contribution in [0.2, 0.25) is 0 Å². The predicted octanol–water partition coefficient (Wildman–Crippen LogP) is 1.62. The number of aliphatic hydroxyl groups is 1. The van der Waals surface area contributed by atoms with E-state index in [9.17, 15) is 9.90 Å². The molecule has 5 nitrogen and oxygen atoms in total. The number of para-hydroxylation sites is 1. The zero-order valence-corrected chi connectivity index (χ0v) is 13.3. The molecule has 0 aliphatic carbocycles. The maximum atomic E-state index is 11.9. The van der Waals surface area contributed by atoms with E-state index >= 15 is 0 Å². The van der Waals surface area contributed by atoms with E-state index in [4.69, 9.17) is 9.47 Å². The number of nitrogens with zero attached hydrogens (tertiary/aromatic N) is 1. The van der Waals surface area contributed by atoms with Crippen molar-refractivity contribution >= 4 is 5.97 Å². The molecule has 1 aliphatic rings.